The summed E-state index contributed by atoms with van der Waals surface area (Å²) in [5, 5.41) is 1.08. The minimum absolute atomic E-state index is 0.314. The molecule has 0 N–H and O–H groups in total. The standard InChI is InChI=1S/C13H12Cl2N2OS/c1-9-5-17-10(6-16-9)7-19(18)8-11-12(14)3-2-4-13(11)15/h2-6H,7-8H2,1H3/t19-/m0/s1. The van der Waals surface area contributed by atoms with Crippen LogP contribution < -0.4 is 0 Å². The Kier molecular flexibility index (Phi) is 4.91. The zero-order valence-corrected chi connectivity index (χ0v) is 12.6. The average Bonchev–Trinajstić information content (AvgIpc) is 2.37. The normalized spacial score (nSPS) is 12.4. The van der Waals surface area contributed by atoms with Gasteiger partial charge >= 0.3 is 0 Å². The van der Waals surface area contributed by atoms with Gasteiger partial charge in [-0.05, 0) is 19.1 Å². The van der Waals surface area contributed by atoms with Gasteiger partial charge in [0.25, 0.3) is 0 Å². The molecule has 1 atom stereocenters. The fraction of sp³-hybridized carbons (Fsp3) is 0.231. The second-order valence-electron chi connectivity index (χ2n) is 4.08. The maximum atomic E-state index is 12.1. The van der Waals surface area contributed by atoms with Crippen LogP contribution in [0.2, 0.25) is 10.0 Å². The molecule has 0 spiro atoms. The smallest absolute Gasteiger partial charge is 0.0711 e. The first-order valence-corrected chi connectivity index (χ1v) is 7.86. The first-order chi connectivity index (χ1) is 9.06. The summed E-state index contributed by atoms with van der Waals surface area (Å²) in [6.45, 7) is 1.86. The topological polar surface area (TPSA) is 42.9 Å². The van der Waals surface area contributed by atoms with E-state index in [0.29, 0.717) is 32.8 Å². The number of aromatic nitrogens is 2. The first-order valence-electron chi connectivity index (χ1n) is 5.61. The number of halogens is 2. The molecule has 0 saturated heterocycles. The minimum Gasteiger partial charge on any atom is -0.259 e. The van der Waals surface area contributed by atoms with Crippen LogP contribution in [0.1, 0.15) is 17.0 Å². The Labute approximate surface area is 124 Å². The fourth-order valence-corrected chi connectivity index (χ4v) is 3.44. The van der Waals surface area contributed by atoms with Gasteiger partial charge in [-0.1, -0.05) is 29.3 Å². The predicted molar refractivity (Wildman–Crippen MR) is 78.8 cm³/mol. The van der Waals surface area contributed by atoms with Gasteiger partial charge in [-0.25, -0.2) is 0 Å². The summed E-state index contributed by atoms with van der Waals surface area (Å²) in [4.78, 5) is 8.31. The monoisotopic (exact) mass is 314 g/mol. The number of hydrogen-bond acceptors (Lipinski definition) is 3. The van der Waals surface area contributed by atoms with Gasteiger partial charge < -0.3 is 0 Å². The Balaban J connectivity index is 2.07. The molecule has 0 bridgehead atoms. The Morgan fingerprint density at radius 2 is 1.79 bits per heavy atom. The molecule has 0 aliphatic rings. The Hall–Kier alpha value is -0.970. The molecule has 0 saturated carbocycles. The van der Waals surface area contributed by atoms with Crippen LogP contribution in [0.3, 0.4) is 0 Å². The summed E-state index contributed by atoms with van der Waals surface area (Å²) in [6.07, 6.45) is 3.30. The number of benzene rings is 1. The second-order valence-corrected chi connectivity index (χ2v) is 6.35. The molecule has 0 aliphatic heterocycles. The van der Waals surface area contributed by atoms with Crippen molar-refractivity contribution in [2.75, 3.05) is 0 Å². The van der Waals surface area contributed by atoms with Crippen LogP contribution in [0.15, 0.2) is 30.6 Å². The maximum Gasteiger partial charge on any atom is 0.0711 e. The average molecular weight is 315 g/mol. The molecule has 1 aromatic carbocycles. The molecular weight excluding hydrogens is 303 g/mol. The minimum atomic E-state index is -1.12. The highest BCUT2D eigenvalue weighted by Gasteiger charge is 2.11. The SMILES string of the molecule is Cc1cnc(C[S@](=O)Cc2c(Cl)cccc2Cl)cn1. The van der Waals surface area contributed by atoms with Crippen molar-refractivity contribution >= 4 is 34.0 Å². The first kappa shape index (κ1) is 14.4. The van der Waals surface area contributed by atoms with Gasteiger partial charge in [-0.3, -0.25) is 14.2 Å². The van der Waals surface area contributed by atoms with E-state index < -0.39 is 10.8 Å². The lowest BCUT2D eigenvalue weighted by Crippen LogP contribution is -2.03. The molecule has 0 fully saturated rings. The van der Waals surface area contributed by atoms with Crippen LogP contribution in [0, 0.1) is 6.92 Å². The Morgan fingerprint density at radius 1 is 1.11 bits per heavy atom. The van der Waals surface area contributed by atoms with Gasteiger partial charge in [0, 0.05) is 38.8 Å². The molecule has 0 unspecified atom stereocenters. The van der Waals surface area contributed by atoms with Gasteiger partial charge in [0.1, 0.15) is 0 Å². The van der Waals surface area contributed by atoms with Crippen molar-refractivity contribution in [1.29, 1.82) is 0 Å². The summed E-state index contributed by atoms with van der Waals surface area (Å²) in [5.41, 5.74) is 2.25. The van der Waals surface area contributed by atoms with Crippen LogP contribution in [0.5, 0.6) is 0 Å². The third-order valence-corrected chi connectivity index (χ3v) is 4.45. The summed E-state index contributed by atoms with van der Waals surface area (Å²) in [7, 11) is -1.12. The molecule has 19 heavy (non-hydrogen) atoms. The van der Waals surface area contributed by atoms with E-state index in [2.05, 4.69) is 9.97 Å². The number of hydrogen-bond donors (Lipinski definition) is 0. The molecule has 0 aliphatic carbocycles. The molecule has 2 aromatic rings. The summed E-state index contributed by atoms with van der Waals surface area (Å²) < 4.78 is 12.1. The van der Waals surface area contributed by atoms with E-state index in [-0.39, 0.29) is 0 Å². The lowest BCUT2D eigenvalue weighted by Gasteiger charge is -2.06. The molecule has 1 heterocycles. The quantitative estimate of drug-likeness (QED) is 0.867. The number of nitrogens with zero attached hydrogens (tertiary/aromatic N) is 2. The van der Waals surface area contributed by atoms with Gasteiger partial charge in [-0.15, -0.1) is 0 Å². The van der Waals surface area contributed by atoms with E-state index in [4.69, 9.17) is 23.2 Å². The fourth-order valence-electron chi connectivity index (χ4n) is 1.54. The summed E-state index contributed by atoms with van der Waals surface area (Å²) in [6, 6.07) is 5.25. The van der Waals surface area contributed by atoms with Crippen molar-refractivity contribution in [3.8, 4) is 0 Å². The van der Waals surface area contributed by atoms with Crippen LogP contribution in [0.4, 0.5) is 0 Å². The largest absolute Gasteiger partial charge is 0.259 e. The van der Waals surface area contributed by atoms with E-state index in [9.17, 15) is 4.21 Å². The highest BCUT2D eigenvalue weighted by Crippen LogP contribution is 2.25. The van der Waals surface area contributed by atoms with Crippen molar-refractivity contribution < 1.29 is 4.21 Å². The molecule has 3 nitrogen and oxygen atoms in total. The molecule has 0 radical (unpaired) electrons. The number of rotatable bonds is 4. The van der Waals surface area contributed by atoms with Gasteiger partial charge in [0.05, 0.1) is 22.9 Å². The van der Waals surface area contributed by atoms with Crippen LogP contribution in [-0.4, -0.2) is 14.2 Å². The van der Waals surface area contributed by atoms with Crippen LogP contribution in [0.25, 0.3) is 0 Å². The third-order valence-electron chi connectivity index (χ3n) is 2.51. The van der Waals surface area contributed by atoms with Crippen molar-refractivity contribution in [2.24, 2.45) is 0 Å². The van der Waals surface area contributed by atoms with E-state index in [1.54, 1.807) is 30.6 Å². The molecule has 0 amide bonds. The van der Waals surface area contributed by atoms with Gasteiger partial charge in [0.15, 0.2) is 0 Å². The zero-order valence-electron chi connectivity index (χ0n) is 10.3. The van der Waals surface area contributed by atoms with Gasteiger partial charge in [0.2, 0.25) is 0 Å². The lowest BCUT2D eigenvalue weighted by atomic mass is 10.2. The predicted octanol–water partition coefficient (Wildman–Crippen LogP) is 3.54. The van der Waals surface area contributed by atoms with E-state index >= 15 is 0 Å². The Morgan fingerprint density at radius 3 is 2.37 bits per heavy atom. The molecule has 1 aromatic heterocycles. The van der Waals surface area contributed by atoms with E-state index in [1.165, 1.54) is 0 Å². The highest BCUT2D eigenvalue weighted by atomic mass is 35.5. The highest BCUT2D eigenvalue weighted by molar-refractivity contribution is 7.83. The summed E-state index contributed by atoms with van der Waals surface area (Å²) >= 11 is 12.1. The molecular formula is C13H12Cl2N2OS. The lowest BCUT2D eigenvalue weighted by molar-refractivity contribution is 0.681. The molecule has 100 valence electrons. The van der Waals surface area contributed by atoms with Crippen molar-refractivity contribution in [3.05, 3.63) is 57.6 Å². The second kappa shape index (κ2) is 6.46. The summed E-state index contributed by atoms with van der Waals surface area (Å²) in [5.74, 6) is 0.656. The van der Waals surface area contributed by atoms with E-state index in [1.807, 2.05) is 6.92 Å². The molecule has 6 heteroatoms. The van der Waals surface area contributed by atoms with Crippen molar-refractivity contribution in [2.45, 2.75) is 18.4 Å². The van der Waals surface area contributed by atoms with Crippen molar-refractivity contribution in [3.63, 3.8) is 0 Å². The Bertz CT molecular complexity index is 582. The van der Waals surface area contributed by atoms with Crippen molar-refractivity contribution in [1.82, 2.24) is 9.97 Å². The zero-order chi connectivity index (χ0) is 13.8. The van der Waals surface area contributed by atoms with E-state index in [0.717, 1.165) is 5.69 Å². The molecule has 2 rings (SSSR count). The number of aryl methyl sites for hydroxylation is 1. The third kappa shape index (κ3) is 4.00. The van der Waals surface area contributed by atoms with Gasteiger partial charge in [-0.2, -0.15) is 0 Å². The van der Waals surface area contributed by atoms with Crippen LogP contribution in [-0.2, 0) is 22.3 Å². The maximum absolute atomic E-state index is 12.1. The van der Waals surface area contributed by atoms with Crippen LogP contribution >= 0.6 is 23.2 Å².